The second-order valence-electron chi connectivity index (χ2n) is 5.33. The first kappa shape index (κ1) is 14.5. The zero-order valence-electron chi connectivity index (χ0n) is 11.8. The topological polar surface area (TPSA) is 59.1 Å². The molecule has 1 aromatic rings. The number of rotatable bonds is 5. The molecule has 19 heavy (non-hydrogen) atoms. The second kappa shape index (κ2) is 5.63. The molecule has 0 aliphatic heterocycles. The summed E-state index contributed by atoms with van der Waals surface area (Å²) in [6, 6.07) is 0.361. The summed E-state index contributed by atoms with van der Waals surface area (Å²) in [4.78, 5) is 8.45. The molecule has 6 heteroatoms. The molecule has 0 bridgehead atoms. The van der Waals surface area contributed by atoms with Gasteiger partial charge in [-0.2, -0.15) is 0 Å². The quantitative estimate of drug-likeness (QED) is 0.870. The number of hydrogen-bond acceptors (Lipinski definition) is 5. The molecule has 0 spiro atoms. The van der Waals surface area contributed by atoms with E-state index in [9.17, 15) is 0 Å². The van der Waals surface area contributed by atoms with Crippen molar-refractivity contribution < 1.29 is 4.74 Å². The van der Waals surface area contributed by atoms with Gasteiger partial charge in [-0.15, -0.1) is 0 Å². The van der Waals surface area contributed by atoms with Gasteiger partial charge in [0.05, 0.1) is 6.10 Å². The van der Waals surface area contributed by atoms with E-state index < -0.39 is 0 Å². The first-order valence-corrected chi connectivity index (χ1v) is 7.36. The number of halogens is 1. The van der Waals surface area contributed by atoms with Crippen molar-refractivity contribution in [3.63, 3.8) is 0 Å². The Morgan fingerprint density at radius 1 is 1.42 bits per heavy atom. The van der Waals surface area contributed by atoms with Crippen molar-refractivity contribution in [2.75, 3.05) is 24.3 Å². The molecule has 0 radical (unpaired) electrons. The predicted molar refractivity (Wildman–Crippen MR) is 80.5 cm³/mol. The van der Waals surface area contributed by atoms with Crippen molar-refractivity contribution in [1.29, 1.82) is 0 Å². The molecule has 2 rings (SSSR count). The summed E-state index contributed by atoms with van der Waals surface area (Å²) in [6.45, 7) is 7.25. The van der Waals surface area contributed by atoms with Gasteiger partial charge in [-0.05, 0) is 29.3 Å². The molecule has 1 fully saturated rings. The van der Waals surface area contributed by atoms with Crippen molar-refractivity contribution in [1.82, 2.24) is 9.97 Å². The van der Waals surface area contributed by atoms with Crippen molar-refractivity contribution in [3.05, 3.63) is 10.8 Å². The Morgan fingerprint density at radius 3 is 2.68 bits per heavy atom. The van der Waals surface area contributed by atoms with Crippen LogP contribution in [0.5, 0.6) is 0 Å². The van der Waals surface area contributed by atoms with Crippen molar-refractivity contribution in [2.24, 2.45) is 5.41 Å². The Hall–Kier alpha value is -0.880. The summed E-state index contributed by atoms with van der Waals surface area (Å²) in [5.74, 6) is 1.61. The second-order valence-corrected chi connectivity index (χ2v) is 6.13. The van der Waals surface area contributed by atoms with Gasteiger partial charge in [-0.25, -0.2) is 9.97 Å². The molecule has 2 unspecified atom stereocenters. The molecule has 2 atom stereocenters. The predicted octanol–water partition coefficient (Wildman–Crippen LogP) is 2.90. The van der Waals surface area contributed by atoms with Gasteiger partial charge in [-0.1, -0.05) is 13.8 Å². The van der Waals surface area contributed by atoms with Crippen LogP contribution in [0.4, 0.5) is 11.6 Å². The number of anilines is 2. The van der Waals surface area contributed by atoms with Gasteiger partial charge < -0.3 is 15.4 Å². The first-order valence-electron chi connectivity index (χ1n) is 6.57. The minimum absolute atomic E-state index is 0.111. The van der Waals surface area contributed by atoms with Gasteiger partial charge in [0.15, 0.2) is 0 Å². The minimum atomic E-state index is 0.111. The molecule has 1 aromatic heterocycles. The fraction of sp³-hybridized carbons (Fsp3) is 0.692. The largest absolute Gasteiger partial charge is 0.378 e. The smallest absolute Gasteiger partial charge is 0.146 e. The highest BCUT2D eigenvalue weighted by atomic mass is 79.9. The van der Waals surface area contributed by atoms with Gasteiger partial charge >= 0.3 is 0 Å². The zero-order chi connectivity index (χ0) is 14.0. The maximum atomic E-state index is 5.74. The summed E-state index contributed by atoms with van der Waals surface area (Å²) >= 11 is 3.53. The highest BCUT2D eigenvalue weighted by Crippen LogP contribution is 2.45. The summed E-state index contributed by atoms with van der Waals surface area (Å²) in [5.41, 5.74) is 0.111. The number of aromatic nitrogens is 2. The lowest BCUT2D eigenvalue weighted by atomic mass is 9.64. The summed E-state index contributed by atoms with van der Waals surface area (Å²) < 4.78 is 6.61. The molecule has 0 saturated heterocycles. The lowest BCUT2D eigenvalue weighted by Gasteiger charge is -2.51. The summed E-state index contributed by atoms with van der Waals surface area (Å²) in [7, 11) is 1.84. The van der Waals surface area contributed by atoms with Crippen LogP contribution in [0.25, 0.3) is 0 Å². The Balaban J connectivity index is 2.07. The third kappa shape index (κ3) is 2.69. The van der Waals surface area contributed by atoms with E-state index in [0.717, 1.165) is 29.1 Å². The monoisotopic (exact) mass is 328 g/mol. The van der Waals surface area contributed by atoms with E-state index in [-0.39, 0.29) is 5.41 Å². The van der Waals surface area contributed by atoms with E-state index in [0.29, 0.717) is 12.1 Å². The van der Waals surface area contributed by atoms with Crippen LogP contribution in [0.2, 0.25) is 0 Å². The zero-order valence-corrected chi connectivity index (χ0v) is 13.4. The van der Waals surface area contributed by atoms with Crippen LogP contribution < -0.4 is 10.6 Å². The van der Waals surface area contributed by atoms with Gasteiger partial charge in [0.2, 0.25) is 0 Å². The van der Waals surface area contributed by atoms with Crippen LogP contribution in [0.3, 0.4) is 0 Å². The lowest BCUT2D eigenvalue weighted by Crippen LogP contribution is -2.58. The standard InChI is InChI=1S/C13H21BrN4O/c1-5-19-9-6-8(13(9,2)3)18-12-10(14)11(15-4)16-7-17-12/h7-9H,5-6H2,1-4H3,(H2,15,16,17,18). The highest BCUT2D eigenvalue weighted by molar-refractivity contribution is 9.10. The third-order valence-corrected chi connectivity index (χ3v) is 4.63. The molecule has 0 amide bonds. The van der Waals surface area contributed by atoms with E-state index in [4.69, 9.17) is 4.74 Å². The van der Waals surface area contributed by atoms with Gasteiger partial charge in [0, 0.05) is 25.1 Å². The summed E-state index contributed by atoms with van der Waals surface area (Å²) in [5, 5.41) is 6.51. The third-order valence-electron chi connectivity index (χ3n) is 3.88. The SMILES string of the molecule is CCOC1CC(Nc2ncnc(NC)c2Br)C1(C)C. The molecule has 1 saturated carbocycles. The Labute approximate surface area is 122 Å². The number of nitrogens with one attached hydrogen (secondary N) is 2. The van der Waals surface area contributed by atoms with Gasteiger partial charge in [0.25, 0.3) is 0 Å². The number of nitrogens with zero attached hydrogens (tertiary/aromatic N) is 2. The number of hydrogen-bond donors (Lipinski definition) is 2. The molecule has 1 heterocycles. The number of ether oxygens (including phenoxy) is 1. The van der Waals surface area contributed by atoms with Crippen molar-refractivity contribution >= 4 is 27.6 Å². The Kier molecular flexibility index (Phi) is 4.30. The minimum Gasteiger partial charge on any atom is -0.378 e. The van der Waals surface area contributed by atoms with Crippen LogP contribution in [-0.2, 0) is 4.74 Å². The summed E-state index contributed by atoms with van der Waals surface area (Å²) in [6.07, 6.45) is 2.89. The van der Waals surface area contributed by atoms with E-state index in [1.807, 2.05) is 14.0 Å². The van der Waals surface area contributed by atoms with Crippen LogP contribution in [-0.4, -0.2) is 35.8 Å². The van der Waals surface area contributed by atoms with Crippen LogP contribution in [0, 0.1) is 5.41 Å². The van der Waals surface area contributed by atoms with Gasteiger partial charge in [-0.3, -0.25) is 0 Å². The van der Waals surface area contributed by atoms with Crippen molar-refractivity contribution in [2.45, 2.75) is 39.3 Å². The molecule has 0 aromatic carbocycles. The van der Waals surface area contributed by atoms with E-state index in [2.05, 4.69) is 50.4 Å². The maximum Gasteiger partial charge on any atom is 0.146 e. The van der Waals surface area contributed by atoms with Crippen LogP contribution in [0.1, 0.15) is 27.2 Å². The highest BCUT2D eigenvalue weighted by Gasteiger charge is 2.49. The normalized spacial score (nSPS) is 24.7. The molecular formula is C13H21BrN4O. The van der Waals surface area contributed by atoms with E-state index in [1.54, 1.807) is 6.33 Å². The Morgan fingerprint density at radius 2 is 2.11 bits per heavy atom. The average Bonchev–Trinajstić information content (AvgIpc) is 2.39. The fourth-order valence-corrected chi connectivity index (χ4v) is 2.94. The van der Waals surface area contributed by atoms with Crippen LogP contribution in [0.15, 0.2) is 10.8 Å². The maximum absolute atomic E-state index is 5.74. The molecule has 1 aliphatic carbocycles. The molecule has 106 valence electrons. The lowest BCUT2D eigenvalue weighted by molar-refractivity contribution is -0.0976. The van der Waals surface area contributed by atoms with Crippen molar-refractivity contribution in [3.8, 4) is 0 Å². The molecule has 1 aliphatic rings. The fourth-order valence-electron chi connectivity index (χ4n) is 2.42. The molecular weight excluding hydrogens is 308 g/mol. The molecule has 5 nitrogen and oxygen atoms in total. The molecule has 2 N–H and O–H groups in total. The van der Waals surface area contributed by atoms with Gasteiger partial charge in [0.1, 0.15) is 22.4 Å². The first-order chi connectivity index (χ1) is 9.00. The van der Waals surface area contributed by atoms with E-state index in [1.165, 1.54) is 0 Å². The Bertz CT molecular complexity index is 452. The van der Waals surface area contributed by atoms with Crippen LogP contribution >= 0.6 is 15.9 Å². The van der Waals surface area contributed by atoms with E-state index >= 15 is 0 Å². The average molecular weight is 329 g/mol.